The van der Waals surface area contributed by atoms with Crippen LogP contribution in [0.15, 0.2) is 72.3 Å². The molecule has 0 spiro atoms. The van der Waals surface area contributed by atoms with E-state index in [0.717, 1.165) is 0 Å². The third-order valence-corrected chi connectivity index (χ3v) is 4.68. The van der Waals surface area contributed by atoms with Crippen molar-refractivity contribution in [2.24, 2.45) is 0 Å². The monoisotopic (exact) mass is 328 g/mol. The first-order valence-corrected chi connectivity index (χ1v) is 8.75. The highest BCUT2D eigenvalue weighted by molar-refractivity contribution is 6.04. The molecule has 0 unspecified atom stereocenters. The van der Waals surface area contributed by atoms with E-state index in [1.165, 1.54) is 44.7 Å². The maximum atomic E-state index is 2.30. The second kappa shape index (κ2) is 7.06. The average Bonchev–Trinajstić information content (AvgIpc) is 2.60. The van der Waals surface area contributed by atoms with E-state index in [2.05, 4.69) is 106 Å². The molecule has 2 aromatic rings. The van der Waals surface area contributed by atoms with E-state index in [4.69, 9.17) is 0 Å². The highest BCUT2D eigenvalue weighted by Gasteiger charge is 2.14. The van der Waals surface area contributed by atoms with Gasteiger partial charge in [0, 0.05) is 12.2 Å². The molecule has 0 bridgehead atoms. The first kappa shape index (κ1) is 17.2. The molecule has 2 aromatic carbocycles. The number of aryl methyl sites for hydroxylation is 3. The van der Waals surface area contributed by atoms with Crippen LogP contribution in [-0.2, 0) is 0 Å². The Hall–Kier alpha value is -2.67. The van der Waals surface area contributed by atoms with E-state index >= 15 is 0 Å². The highest BCUT2D eigenvalue weighted by Crippen LogP contribution is 2.32. The average molecular weight is 328 g/mol. The molecule has 1 heteroatoms. The van der Waals surface area contributed by atoms with E-state index in [1.807, 2.05) is 0 Å². The Morgan fingerprint density at radius 2 is 1.32 bits per heavy atom. The molecule has 0 atom stereocenters. The van der Waals surface area contributed by atoms with Gasteiger partial charge < -0.3 is 0 Å². The second-order valence-electron chi connectivity index (χ2n) is 7.00. The van der Waals surface area contributed by atoms with Crippen LogP contribution in [0.25, 0.3) is 5.57 Å². The third kappa shape index (κ3) is 3.71. The van der Waals surface area contributed by atoms with Crippen LogP contribution in [0.4, 0.5) is 0 Å². The van der Waals surface area contributed by atoms with Crippen molar-refractivity contribution >= 4 is 11.3 Å². The van der Waals surface area contributed by atoms with Crippen molar-refractivity contribution in [2.75, 3.05) is 14.1 Å². The Bertz CT molecular complexity index is 897. The molecule has 0 aromatic heterocycles. The fraction of sp³-hybridized carbons (Fsp3) is 0.208. The maximum Gasteiger partial charge on any atom is 0.199 e. The molecule has 0 heterocycles. The fourth-order valence-electron chi connectivity index (χ4n) is 3.13. The lowest BCUT2D eigenvalue weighted by atomic mass is 9.87. The van der Waals surface area contributed by atoms with Gasteiger partial charge in [-0.3, -0.25) is 0 Å². The fourth-order valence-corrected chi connectivity index (χ4v) is 3.13. The lowest BCUT2D eigenvalue weighted by Gasteiger charge is -2.16. The summed E-state index contributed by atoms with van der Waals surface area (Å²) in [6, 6.07) is 15.5. The van der Waals surface area contributed by atoms with Crippen molar-refractivity contribution in [3.05, 3.63) is 100 Å². The topological polar surface area (TPSA) is 3.01 Å². The lowest BCUT2D eigenvalue weighted by Crippen LogP contribution is -2.10. The molecule has 0 radical (unpaired) electrons. The standard InChI is InChI=1S/C24H26N/c1-17-7-10-20(11-8-17)24(23-16-18(2)6-9-19(23)3)21-12-14-22(15-13-21)25(4)5/h6-16H,1-5H3/q+1. The van der Waals surface area contributed by atoms with Gasteiger partial charge in [0.25, 0.3) is 0 Å². The van der Waals surface area contributed by atoms with Crippen LogP contribution in [0.2, 0.25) is 0 Å². The number of hydrogen-bond donors (Lipinski definition) is 0. The van der Waals surface area contributed by atoms with Gasteiger partial charge in [-0.15, -0.1) is 0 Å². The van der Waals surface area contributed by atoms with Crippen molar-refractivity contribution in [3.8, 4) is 0 Å². The van der Waals surface area contributed by atoms with Crippen molar-refractivity contribution in [1.29, 1.82) is 0 Å². The molecular formula is C24H26N+. The lowest BCUT2D eigenvalue weighted by molar-refractivity contribution is -0.462. The Labute approximate surface area is 151 Å². The van der Waals surface area contributed by atoms with Gasteiger partial charge in [0.05, 0.1) is 0 Å². The van der Waals surface area contributed by atoms with E-state index in [9.17, 15) is 0 Å². The van der Waals surface area contributed by atoms with Gasteiger partial charge in [0.2, 0.25) is 0 Å². The van der Waals surface area contributed by atoms with E-state index in [-0.39, 0.29) is 0 Å². The summed E-state index contributed by atoms with van der Waals surface area (Å²) in [5.74, 6) is 0. The van der Waals surface area contributed by atoms with Gasteiger partial charge in [-0.1, -0.05) is 53.6 Å². The smallest absolute Gasteiger partial charge is 0.199 e. The van der Waals surface area contributed by atoms with Crippen LogP contribution >= 0.6 is 0 Å². The largest absolute Gasteiger partial charge is 0.235 e. The van der Waals surface area contributed by atoms with Crippen LogP contribution in [0, 0.1) is 20.8 Å². The SMILES string of the molecule is Cc1ccc(C(=C2C=CC(=[N+](C)C)C=C2)c2cc(C)ccc2C)cc1. The van der Waals surface area contributed by atoms with Gasteiger partial charge >= 0.3 is 0 Å². The molecular weight excluding hydrogens is 302 g/mol. The van der Waals surface area contributed by atoms with Gasteiger partial charge in [-0.25, -0.2) is 4.58 Å². The Balaban J connectivity index is 2.24. The number of rotatable bonds is 2. The summed E-state index contributed by atoms with van der Waals surface area (Å²) in [5, 5.41) is 0. The molecule has 25 heavy (non-hydrogen) atoms. The van der Waals surface area contributed by atoms with Crippen molar-refractivity contribution in [2.45, 2.75) is 20.8 Å². The molecule has 1 nitrogen and oxygen atoms in total. The Morgan fingerprint density at radius 3 is 1.92 bits per heavy atom. The summed E-state index contributed by atoms with van der Waals surface area (Å²) in [6.45, 7) is 6.48. The molecule has 3 rings (SSSR count). The zero-order valence-corrected chi connectivity index (χ0v) is 15.8. The number of hydrogen-bond acceptors (Lipinski definition) is 0. The minimum Gasteiger partial charge on any atom is -0.235 e. The van der Waals surface area contributed by atoms with Crippen LogP contribution in [0.5, 0.6) is 0 Å². The van der Waals surface area contributed by atoms with Crippen LogP contribution in [0.1, 0.15) is 27.8 Å². The summed E-state index contributed by atoms with van der Waals surface area (Å²) in [6.07, 6.45) is 8.84. The quantitative estimate of drug-likeness (QED) is 0.662. The van der Waals surface area contributed by atoms with E-state index in [1.54, 1.807) is 0 Å². The molecule has 0 saturated heterocycles. The van der Waals surface area contributed by atoms with Gasteiger partial charge in [-0.05, 0) is 60.8 Å². The zero-order valence-electron chi connectivity index (χ0n) is 15.8. The summed E-state index contributed by atoms with van der Waals surface area (Å²) in [5.41, 5.74) is 10.2. The zero-order chi connectivity index (χ0) is 18.0. The first-order valence-electron chi connectivity index (χ1n) is 8.75. The van der Waals surface area contributed by atoms with Crippen LogP contribution < -0.4 is 0 Å². The van der Waals surface area contributed by atoms with E-state index in [0.29, 0.717) is 0 Å². The minimum absolute atomic E-state index is 1.22. The highest BCUT2D eigenvalue weighted by atomic mass is 14.9. The van der Waals surface area contributed by atoms with Crippen LogP contribution in [-0.4, -0.2) is 24.4 Å². The second-order valence-corrected chi connectivity index (χ2v) is 7.00. The Kier molecular flexibility index (Phi) is 4.85. The molecule has 0 N–H and O–H groups in total. The predicted octanol–water partition coefficient (Wildman–Crippen LogP) is 5.25. The predicted molar refractivity (Wildman–Crippen MR) is 109 cm³/mol. The number of nitrogens with zero attached hydrogens (tertiary/aromatic N) is 1. The Morgan fingerprint density at radius 1 is 0.720 bits per heavy atom. The van der Waals surface area contributed by atoms with Crippen molar-refractivity contribution in [1.82, 2.24) is 0 Å². The minimum atomic E-state index is 1.22. The molecule has 1 aliphatic carbocycles. The normalized spacial score (nSPS) is 13.3. The van der Waals surface area contributed by atoms with E-state index < -0.39 is 0 Å². The molecule has 0 amide bonds. The van der Waals surface area contributed by atoms with Crippen molar-refractivity contribution in [3.63, 3.8) is 0 Å². The molecule has 126 valence electrons. The summed E-state index contributed by atoms with van der Waals surface area (Å²) in [4.78, 5) is 0. The molecule has 0 fully saturated rings. The molecule has 1 aliphatic rings. The van der Waals surface area contributed by atoms with Gasteiger partial charge in [-0.2, -0.15) is 0 Å². The maximum absolute atomic E-state index is 2.30. The first-order chi connectivity index (χ1) is 12.0. The van der Waals surface area contributed by atoms with Crippen LogP contribution in [0.3, 0.4) is 0 Å². The number of benzene rings is 2. The van der Waals surface area contributed by atoms with Crippen molar-refractivity contribution < 1.29 is 4.58 Å². The summed E-state index contributed by atoms with van der Waals surface area (Å²) >= 11 is 0. The van der Waals surface area contributed by atoms with Gasteiger partial charge in [0.1, 0.15) is 14.1 Å². The number of allylic oxidation sites excluding steroid dienone is 5. The summed E-state index contributed by atoms with van der Waals surface area (Å²) in [7, 11) is 4.15. The summed E-state index contributed by atoms with van der Waals surface area (Å²) < 4.78 is 2.13. The molecule has 0 saturated carbocycles. The van der Waals surface area contributed by atoms with Gasteiger partial charge in [0.15, 0.2) is 5.71 Å². The molecule has 0 aliphatic heterocycles. The third-order valence-electron chi connectivity index (χ3n) is 4.68.